The molecule has 0 saturated carbocycles. The Labute approximate surface area is 105 Å². The minimum absolute atomic E-state index is 0.213. The molecule has 1 heterocycles. The number of hydrogen-bond acceptors (Lipinski definition) is 2. The van der Waals surface area contributed by atoms with Crippen LogP contribution >= 0.6 is 0 Å². The molecule has 2 aromatic rings. The lowest BCUT2D eigenvalue weighted by molar-refractivity contribution is -0.176. The second-order valence-corrected chi connectivity index (χ2v) is 3.97. The Morgan fingerprint density at radius 2 is 2.11 bits per heavy atom. The highest BCUT2D eigenvalue weighted by Crippen LogP contribution is 2.38. The third-order valence-corrected chi connectivity index (χ3v) is 2.81. The highest BCUT2D eigenvalue weighted by molar-refractivity contribution is 5.90. The Kier molecular flexibility index (Phi) is 3.13. The first-order valence-electron chi connectivity index (χ1n) is 5.29. The lowest BCUT2D eigenvalue weighted by atomic mass is 9.98. The molecule has 0 spiro atoms. The number of benzene rings is 1. The summed E-state index contributed by atoms with van der Waals surface area (Å²) in [6.07, 6.45) is -3.78. The molecule has 19 heavy (non-hydrogen) atoms. The maximum Gasteiger partial charge on any atom is 0.406 e. The predicted octanol–water partition coefficient (Wildman–Crippen LogP) is 2.91. The number of carbonyl (C=O) groups is 1. The SMILES string of the molecule is COc1ccc2c([C@H](C(=O)O)C(F)(F)F)c[nH]c2c1. The average molecular weight is 273 g/mol. The molecule has 2 rings (SSSR count). The molecule has 4 nitrogen and oxygen atoms in total. The minimum atomic E-state index is -4.85. The molecular weight excluding hydrogens is 263 g/mol. The van der Waals surface area contributed by atoms with E-state index >= 15 is 0 Å². The Bertz CT molecular complexity index is 618. The number of carboxylic acid groups (broad SMARTS) is 1. The van der Waals surface area contributed by atoms with Crippen molar-refractivity contribution in [2.24, 2.45) is 0 Å². The van der Waals surface area contributed by atoms with Crippen LogP contribution in [0.5, 0.6) is 5.75 Å². The first kappa shape index (κ1) is 13.3. The molecule has 1 aromatic heterocycles. The smallest absolute Gasteiger partial charge is 0.406 e. The van der Waals surface area contributed by atoms with Crippen LogP contribution in [0.4, 0.5) is 13.2 Å². The van der Waals surface area contributed by atoms with Crippen LogP contribution in [0.2, 0.25) is 0 Å². The van der Waals surface area contributed by atoms with Crippen molar-refractivity contribution in [3.63, 3.8) is 0 Å². The van der Waals surface area contributed by atoms with E-state index in [0.29, 0.717) is 11.3 Å². The zero-order valence-corrected chi connectivity index (χ0v) is 9.78. The molecule has 0 aliphatic rings. The summed E-state index contributed by atoms with van der Waals surface area (Å²) < 4.78 is 43.3. The van der Waals surface area contributed by atoms with E-state index in [2.05, 4.69) is 4.98 Å². The number of halogens is 3. The summed E-state index contributed by atoms with van der Waals surface area (Å²) in [7, 11) is 1.43. The first-order valence-corrected chi connectivity index (χ1v) is 5.29. The minimum Gasteiger partial charge on any atom is -0.497 e. The Morgan fingerprint density at radius 1 is 1.42 bits per heavy atom. The van der Waals surface area contributed by atoms with E-state index < -0.39 is 18.1 Å². The van der Waals surface area contributed by atoms with Gasteiger partial charge in [-0.1, -0.05) is 0 Å². The monoisotopic (exact) mass is 273 g/mol. The van der Waals surface area contributed by atoms with E-state index in [1.54, 1.807) is 0 Å². The van der Waals surface area contributed by atoms with Crippen LogP contribution in [0.15, 0.2) is 24.4 Å². The number of fused-ring (bicyclic) bond motifs is 1. The largest absolute Gasteiger partial charge is 0.497 e. The lowest BCUT2D eigenvalue weighted by Crippen LogP contribution is -2.28. The Morgan fingerprint density at radius 3 is 2.63 bits per heavy atom. The van der Waals surface area contributed by atoms with Gasteiger partial charge in [0.2, 0.25) is 0 Å². The number of aromatic nitrogens is 1. The molecule has 0 amide bonds. The maximum absolute atomic E-state index is 12.8. The standard InChI is InChI=1S/C12H10F3NO3/c1-19-6-2-3-7-8(5-16-9(7)4-6)10(11(17)18)12(13,14)15/h2-5,10,16H,1H3,(H,17,18)/t10-/m1/s1. The van der Waals surface area contributed by atoms with Gasteiger partial charge in [-0.15, -0.1) is 0 Å². The molecule has 0 unspecified atom stereocenters. The molecule has 0 saturated heterocycles. The lowest BCUT2D eigenvalue weighted by Gasteiger charge is -2.15. The van der Waals surface area contributed by atoms with Crippen LogP contribution < -0.4 is 4.74 Å². The van der Waals surface area contributed by atoms with E-state index in [0.717, 1.165) is 6.20 Å². The molecule has 102 valence electrons. The van der Waals surface area contributed by atoms with Crippen molar-refractivity contribution in [3.8, 4) is 5.75 Å². The summed E-state index contributed by atoms with van der Waals surface area (Å²) in [5.41, 5.74) is 0.0857. The normalized spacial score (nSPS) is 13.5. The molecule has 0 fully saturated rings. The van der Waals surface area contributed by atoms with Crippen LogP contribution in [0.3, 0.4) is 0 Å². The Hall–Kier alpha value is -2.18. The molecule has 0 radical (unpaired) electrons. The number of alkyl halides is 3. The maximum atomic E-state index is 12.8. The zero-order valence-electron chi connectivity index (χ0n) is 9.78. The topological polar surface area (TPSA) is 62.3 Å². The summed E-state index contributed by atoms with van der Waals surface area (Å²) in [6, 6.07) is 4.39. The first-order chi connectivity index (χ1) is 8.84. The van der Waals surface area contributed by atoms with Gasteiger partial charge in [-0.05, 0) is 12.1 Å². The van der Waals surface area contributed by atoms with E-state index in [1.807, 2.05) is 0 Å². The van der Waals surface area contributed by atoms with Crippen molar-refractivity contribution in [1.29, 1.82) is 0 Å². The summed E-state index contributed by atoms with van der Waals surface area (Å²) in [6.45, 7) is 0. The van der Waals surface area contributed by atoms with Gasteiger partial charge < -0.3 is 14.8 Å². The van der Waals surface area contributed by atoms with Gasteiger partial charge in [0.25, 0.3) is 0 Å². The van der Waals surface area contributed by atoms with Crippen LogP contribution in [-0.4, -0.2) is 29.3 Å². The highest BCUT2D eigenvalue weighted by atomic mass is 19.4. The average Bonchev–Trinajstić information content (AvgIpc) is 2.70. The summed E-state index contributed by atoms with van der Waals surface area (Å²) in [5.74, 6) is -4.00. The van der Waals surface area contributed by atoms with Gasteiger partial charge in [-0.3, -0.25) is 4.79 Å². The van der Waals surface area contributed by atoms with Crippen molar-refractivity contribution in [1.82, 2.24) is 4.98 Å². The second kappa shape index (κ2) is 4.49. The number of nitrogens with one attached hydrogen (secondary N) is 1. The highest BCUT2D eigenvalue weighted by Gasteiger charge is 2.47. The van der Waals surface area contributed by atoms with E-state index in [4.69, 9.17) is 9.84 Å². The van der Waals surface area contributed by atoms with Gasteiger partial charge in [0, 0.05) is 28.7 Å². The second-order valence-electron chi connectivity index (χ2n) is 3.97. The van der Waals surface area contributed by atoms with E-state index in [-0.39, 0.29) is 10.9 Å². The number of methoxy groups -OCH3 is 1. The molecule has 0 aliphatic carbocycles. The van der Waals surface area contributed by atoms with Crippen LogP contribution in [-0.2, 0) is 4.79 Å². The number of aromatic amines is 1. The molecule has 1 aromatic carbocycles. The number of rotatable bonds is 3. The summed E-state index contributed by atoms with van der Waals surface area (Å²) in [5, 5.41) is 9.00. The van der Waals surface area contributed by atoms with Crippen LogP contribution in [0.25, 0.3) is 10.9 Å². The van der Waals surface area contributed by atoms with Crippen molar-refractivity contribution in [2.45, 2.75) is 12.1 Å². The van der Waals surface area contributed by atoms with Crippen molar-refractivity contribution >= 4 is 16.9 Å². The predicted molar refractivity (Wildman–Crippen MR) is 61.3 cm³/mol. The van der Waals surface area contributed by atoms with Crippen molar-refractivity contribution in [3.05, 3.63) is 30.0 Å². The molecule has 2 N–H and O–H groups in total. The number of aliphatic carboxylic acids is 1. The molecular formula is C12H10F3NO3. The van der Waals surface area contributed by atoms with Gasteiger partial charge >= 0.3 is 12.1 Å². The van der Waals surface area contributed by atoms with E-state index in [9.17, 15) is 18.0 Å². The van der Waals surface area contributed by atoms with Crippen molar-refractivity contribution < 1.29 is 27.8 Å². The summed E-state index contributed by atoms with van der Waals surface area (Å²) in [4.78, 5) is 13.5. The fourth-order valence-electron chi connectivity index (χ4n) is 1.94. The summed E-state index contributed by atoms with van der Waals surface area (Å²) >= 11 is 0. The number of H-pyrrole nitrogens is 1. The van der Waals surface area contributed by atoms with Gasteiger partial charge in [-0.25, -0.2) is 0 Å². The van der Waals surface area contributed by atoms with Gasteiger partial charge in [0.1, 0.15) is 5.75 Å². The molecule has 7 heteroatoms. The van der Waals surface area contributed by atoms with Crippen LogP contribution in [0, 0.1) is 0 Å². The van der Waals surface area contributed by atoms with Gasteiger partial charge in [0.05, 0.1) is 7.11 Å². The Balaban J connectivity index is 2.59. The fraction of sp³-hybridized carbons (Fsp3) is 0.250. The van der Waals surface area contributed by atoms with Gasteiger partial charge in [0.15, 0.2) is 5.92 Å². The fourth-order valence-corrected chi connectivity index (χ4v) is 1.94. The third-order valence-electron chi connectivity index (χ3n) is 2.81. The van der Waals surface area contributed by atoms with Gasteiger partial charge in [-0.2, -0.15) is 13.2 Å². The zero-order chi connectivity index (χ0) is 14.2. The number of hydrogen-bond donors (Lipinski definition) is 2. The molecule has 0 bridgehead atoms. The molecule has 0 aliphatic heterocycles. The van der Waals surface area contributed by atoms with E-state index in [1.165, 1.54) is 25.3 Å². The quantitative estimate of drug-likeness (QED) is 0.903. The van der Waals surface area contributed by atoms with Crippen LogP contribution in [0.1, 0.15) is 11.5 Å². The third kappa shape index (κ3) is 2.35. The number of ether oxygens (including phenoxy) is 1. The van der Waals surface area contributed by atoms with Crippen molar-refractivity contribution in [2.75, 3.05) is 7.11 Å². The molecule has 1 atom stereocenters. The number of carboxylic acids is 1.